The lowest BCUT2D eigenvalue weighted by Crippen LogP contribution is -2.37. The molecule has 4 rings (SSSR count). The van der Waals surface area contributed by atoms with E-state index in [2.05, 4.69) is 50.2 Å². The molecule has 0 unspecified atom stereocenters. The highest BCUT2D eigenvalue weighted by molar-refractivity contribution is 14.1. The molecule has 2 N–H and O–H groups in total. The second-order valence-electron chi connectivity index (χ2n) is 6.10. The number of fused-ring (bicyclic) bond motifs is 3. The number of imidazole rings is 1. The number of rotatable bonds is 4. The largest absolute Gasteiger partial charge is 0.382 e. The summed E-state index contributed by atoms with van der Waals surface area (Å²) in [4.78, 5) is 11.8. The van der Waals surface area contributed by atoms with Crippen molar-refractivity contribution in [2.75, 3.05) is 38.6 Å². The number of nitrogens with zero attached hydrogens (tertiary/aromatic N) is 4. The maximum Gasteiger partial charge on any atom is 0.152 e. The number of hydrogen-bond acceptors (Lipinski definition) is 6. The van der Waals surface area contributed by atoms with Gasteiger partial charge in [-0.25, -0.2) is 9.97 Å². The number of nitrogens with two attached hydrogens (primary N) is 1. The SMILES string of the molecule is Cn1c(CCCN2CCOCC2)nc2c(N)nc3cc(I)sc3c21. The first kappa shape index (κ1) is 16.5. The van der Waals surface area contributed by atoms with Gasteiger partial charge in [-0.2, -0.15) is 0 Å². The molecule has 3 aromatic rings. The number of ether oxygens (including phenoxy) is 1. The Bertz CT molecular complexity index is 884. The molecule has 0 radical (unpaired) electrons. The highest BCUT2D eigenvalue weighted by Crippen LogP contribution is 2.34. The number of aryl methyl sites for hydroxylation is 2. The smallest absolute Gasteiger partial charge is 0.152 e. The third-order valence-electron chi connectivity index (χ3n) is 4.55. The Morgan fingerprint density at radius 1 is 1.33 bits per heavy atom. The minimum Gasteiger partial charge on any atom is -0.382 e. The van der Waals surface area contributed by atoms with Crippen LogP contribution in [-0.2, 0) is 18.2 Å². The Morgan fingerprint density at radius 2 is 2.12 bits per heavy atom. The molecule has 0 aromatic carbocycles. The van der Waals surface area contributed by atoms with Crippen molar-refractivity contribution in [1.29, 1.82) is 0 Å². The highest BCUT2D eigenvalue weighted by Gasteiger charge is 2.17. The van der Waals surface area contributed by atoms with Crippen LogP contribution in [0.25, 0.3) is 21.3 Å². The maximum absolute atomic E-state index is 6.15. The van der Waals surface area contributed by atoms with Crippen LogP contribution in [0, 0.1) is 2.88 Å². The van der Waals surface area contributed by atoms with Crippen molar-refractivity contribution in [2.24, 2.45) is 7.05 Å². The van der Waals surface area contributed by atoms with Crippen LogP contribution < -0.4 is 5.73 Å². The van der Waals surface area contributed by atoms with Crippen molar-refractivity contribution in [3.05, 3.63) is 14.8 Å². The van der Waals surface area contributed by atoms with Crippen LogP contribution in [0.1, 0.15) is 12.2 Å². The first-order valence-electron chi connectivity index (χ1n) is 8.13. The Balaban J connectivity index is 1.60. The molecule has 0 aliphatic carbocycles. The van der Waals surface area contributed by atoms with Gasteiger partial charge in [0, 0.05) is 26.6 Å². The van der Waals surface area contributed by atoms with Crippen molar-refractivity contribution in [2.45, 2.75) is 12.8 Å². The molecule has 24 heavy (non-hydrogen) atoms. The number of aromatic nitrogens is 3. The average molecular weight is 457 g/mol. The van der Waals surface area contributed by atoms with Gasteiger partial charge in [0.25, 0.3) is 0 Å². The number of thiophene rings is 1. The van der Waals surface area contributed by atoms with Gasteiger partial charge >= 0.3 is 0 Å². The van der Waals surface area contributed by atoms with E-state index in [-0.39, 0.29) is 0 Å². The molecule has 1 aliphatic rings. The molecule has 1 fully saturated rings. The fourth-order valence-electron chi connectivity index (χ4n) is 3.28. The average Bonchev–Trinajstić information content (AvgIpc) is 3.09. The summed E-state index contributed by atoms with van der Waals surface area (Å²) >= 11 is 4.09. The Kier molecular flexibility index (Phi) is 4.63. The number of hydrogen-bond donors (Lipinski definition) is 1. The lowest BCUT2D eigenvalue weighted by molar-refractivity contribution is 0.0374. The fourth-order valence-corrected chi connectivity index (χ4v) is 5.14. The zero-order chi connectivity index (χ0) is 16.7. The lowest BCUT2D eigenvalue weighted by atomic mass is 10.2. The zero-order valence-corrected chi connectivity index (χ0v) is 16.6. The molecule has 0 spiro atoms. The summed E-state index contributed by atoms with van der Waals surface area (Å²) in [5, 5.41) is 0. The van der Waals surface area contributed by atoms with Gasteiger partial charge in [0.2, 0.25) is 0 Å². The van der Waals surface area contributed by atoms with Crippen LogP contribution in [0.3, 0.4) is 0 Å². The van der Waals surface area contributed by atoms with E-state index < -0.39 is 0 Å². The van der Waals surface area contributed by atoms with Crippen LogP contribution in [0.4, 0.5) is 5.82 Å². The molecule has 4 heterocycles. The highest BCUT2D eigenvalue weighted by atomic mass is 127. The molecule has 6 nitrogen and oxygen atoms in total. The van der Waals surface area contributed by atoms with Crippen molar-refractivity contribution in [3.8, 4) is 0 Å². The van der Waals surface area contributed by atoms with Crippen molar-refractivity contribution in [1.82, 2.24) is 19.4 Å². The number of pyridine rings is 1. The number of nitrogen functional groups attached to an aromatic ring is 1. The topological polar surface area (TPSA) is 69.2 Å². The third kappa shape index (κ3) is 3.00. The Morgan fingerprint density at radius 3 is 2.92 bits per heavy atom. The summed E-state index contributed by atoms with van der Waals surface area (Å²) in [6, 6.07) is 2.08. The summed E-state index contributed by atoms with van der Waals surface area (Å²) < 4.78 is 10.00. The third-order valence-corrected chi connectivity index (χ3v) is 6.44. The summed E-state index contributed by atoms with van der Waals surface area (Å²) in [6.45, 7) is 4.86. The zero-order valence-electron chi connectivity index (χ0n) is 13.6. The molecule has 0 saturated carbocycles. The summed E-state index contributed by atoms with van der Waals surface area (Å²) in [5.74, 6) is 1.62. The monoisotopic (exact) mass is 457 g/mol. The van der Waals surface area contributed by atoms with Crippen LogP contribution in [0.5, 0.6) is 0 Å². The van der Waals surface area contributed by atoms with E-state index in [1.165, 1.54) is 7.58 Å². The van der Waals surface area contributed by atoms with Gasteiger partial charge in [-0.15, -0.1) is 11.3 Å². The number of anilines is 1. The van der Waals surface area contributed by atoms with Crippen LogP contribution >= 0.6 is 33.9 Å². The molecule has 8 heteroatoms. The minimum atomic E-state index is 0.529. The normalized spacial score (nSPS) is 16.4. The lowest BCUT2D eigenvalue weighted by Gasteiger charge is -2.26. The second kappa shape index (κ2) is 6.74. The van der Waals surface area contributed by atoms with E-state index in [4.69, 9.17) is 15.5 Å². The van der Waals surface area contributed by atoms with Gasteiger partial charge in [-0.05, 0) is 41.6 Å². The standard InChI is InChI=1S/C16H20IN5OS/c1-21-12(3-2-4-22-5-7-23-8-6-22)20-13-14(21)15-10(19-16(13)18)9-11(17)24-15/h9H,2-8H2,1H3,(H2,18,19). The van der Waals surface area contributed by atoms with Gasteiger partial charge in [0.15, 0.2) is 5.82 Å². The number of halogens is 1. The molecule has 0 bridgehead atoms. The van der Waals surface area contributed by atoms with Crippen LogP contribution in [0.15, 0.2) is 6.07 Å². The predicted octanol–water partition coefficient (Wildman–Crippen LogP) is 2.63. The first-order valence-corrected chi connectivity index (χ1v) is 10.0. The first-order chi connectivity index (χ1) is 11.6. The van der Waals surface area contributed by atoms with Gasteiger partial charge in [-0.1, -0.05) is 0 Å². The van der Waals surface area contributed by atoms with Crippen molar-refractivity contribution < 1.29 is 4.74 Å². The van der Waals surface area contributed by atoms with E-state index in [0.29, 0.717) is 5.82 Å². The van der Waals surface area contributed by atoms with E-state index in [1.54, 1.807) is 11.3 Å². The number of morpholine rings is 1. The second-order valence-corrected chi connectivity index (χ2v) is 9.05. The molecule has 128 valence electrons. The van der Waals surface area contributed by atoms with E-state index in [9.17, 15) is 0 Å². The molecule has 3 aromatic heterocycles. The quantitative estimate of drug-likeness (QED) is 0.611. The van der Waals surface area contributed by atoms with Crippen LogP contribution in [-0.4, -0.2) is 52.3 Å². The summed E-state index contributed by atoms with van der Waals surface area (Å²) in [7, 11) is 2.09. The molecular formula is C16H20IN5OS. The van der Waals surface area contributed by atoms with Gasteiger partial charge in [0.1, 0.15) is 11.3 Å². The van der Waals surface area contributed by atoms with Crippen molar-refractivity contribution >= 4 is 61.0 Å². The van der Waals surface area contributed by atoms with Gasteiger partial charge < -0.3 is 15.0 Å². The molecule has 0 amide bonds. The maximum atomic E-state index is 6.15. The van der Waals surface area contributed by atoms with E-state index >= 15 is 0 Å². The Labute approximate surface area is 158 Å². The minimum absolute atomic E-state index is 0.529. The molecular weight excluding hydrogens is 437 g/mol. The summed E-state index contributed by atoms with van der Waals surface area (Å²) in [5.41, 5.74) is 9.08. The fraction of sp³-hybridized carbons (Fsp3) is 0.500. The van der Waals surface area contributed by atoms with Gasteiger partial charge in [0.05, 0.1) is 31.8 Å². The predicted molar refractivity (Wildman–Crippen MR) is 107 cm³/mol. The van der Waals surface area contributed by atoms with E-state index in [0.717, 1.165) is 68.1 Å². The van der Waals surface area contributed by atoms with Gasteiger partial charge in [-0.3, -0.25) is 4.90 Å². The Hall–Kier alpha value is -0.970. The molecule has 1 saturated heterocycles. The van der Waals surface area contributed by atoms with Crippen molar-refractivity contribution in [3.63, 3.8) is 0 Å². The summed E-state index contributed by atoms with van der Waals surface area (Å²) in [6.07, 6.45) is 2.04. The van der Waals surface area contributed by atoms with Crippen LogP contribution in [0.2, 0.25) is 0 Å². The molecule has 0 atom stereocenters. The van der Waals surface area contributed by atoms with E-state index in [1.807, 2.05) is 0 Å². The molecule has 1 aliphatic heterocycles.